The second kappa shape index (κ2) is 8.59. The molecule has 0 saturated carbocycles. The Hall–Kier alpha value is -3.31. The number of methoxy groups -OCH3 is 1. The first-order valence-corrected chi connectivity index (χ1v) is 9.86. The first-order chi connectivity index (χ1) is 14.5. The lowest BCUT2D eigenvalue weighted by atomic mass is 10.1. The van der Waals surface area contributed by atoms with E-state index < -0.39 is 0 Å². The number of carbonyl (C=O) groups excluding carboxylic acids is 1. The number of amides is 1. The number of aromatic nitrogens is 1. The van der Waals surface area contributed by atoms with Crippen molar-refractivity contribution in [3.05, 3.63) is 94.9 Å². The maximum atomic E-state index is 13.2. The van der Waals surface area contributed by atoms with Crippen LogP contribution in [0.3, 0.4) is 0 Å². The Balaban J connectivity index is 1.59. The second-order valence-electron chi connectivity index (χ2n) is 7.00. The van der Waals surface area contributed by atoms with Crippen LogP contribution >= 0.6 is 11.6 Å². The van der Waals surface area contributed by atoms with Crippen molar-refractivity contribution >= 4 is 34.1 Å². The van der Waals surface area contributed by atoms with Gasteiger partial charge in [0.1, 0.15) is 11.6 Å². The Morgan fingerprint density at radius 2 is 1.87 bits per heavy atom. The van der Waals surface area contributed by atoms with Crippen LogP contribution in [0, 0.1) is 5.82 Å². The third-order valence-electron chi connectivity index (χ3n) is 4.92. The first kappa shape index (κ1) is 20.0. The van der Waals surface area contributed by atoms with Crippen molar-refractivity contribution in [1.29, 1.82) is 0 Å². The summed E-state index contributed by atoms with van der Waals surface area (Å²) < 4.78 is 20.6. The summed E-state index contributed by atoms with van der Waals surface area (Å²) in [6, 6.07) is 19.4. The van der Waals surface area contributed by atoms with Gasteiger partial charge in [-0.2, -0.15) is 0 Å². The number of carbonyl (C=O) groups is 1. The smallest absolute Gasteiger partial charge is 0.228 e. The van der Waals surface area contributed by atoms with Gasteiger partial charge >= 0.3 is 0 Å². The van der Waals surface area contributed by atoms with Gasteiger partial charge in [-0.1, -0.05) is 41.9 Å². The zero-order valence-corrected chi connectivity index (χ0v) is 17.1. The molecule has 3 aromatic carbocycles. The molecular weight excluding hydrogens is 403 g/mol. The van der Waals surface area contributed by atoms with Crippen molar-refractivity contribution in [3.8, 4) is 5.75 Å². The van der Waals surface area contributed by atoms with Crippen LogP contribution in [0.25, 0.3) is 10.9 Å². The molecule has 0 radical (unpaired) electrons. The van der Waals surface area contributed by atoms with E-state index in [0.717, 1.165) is 22.0 Å². The van der Waals surface area contributed by atoms with Gasteiger partial charge in [0.05, 0.1) is 19.2 Å². The summed E-state index contributed by atoms with van der Waals surface area (Å²) in [5.41, 5.74) is 3.44. The summed E-state index contributed by atoms with van der Waals surface area (Å²) in [6.45, 7) is 0.588. The fourth-order valence-electron chi connectivity index (χ4n) is 3.53. The van der Waals surface area contributed by atoms with Crippen molar-refractivity contribution < 1.29 is 13.9 Å². The van der Waals surface area contributed by atoms with Crippen LogP contribution in [0.2, 0.25) is 5.02 Å². The Morgan fingerprint density at radius 1 is 1.10 bits per heavy atom. The molecule has 1 heterocycles. The molecule has 0 unspecified atom stereocenters. The molecule has 1 aromatic heterocycles. The molecule has 0 spiro atoms. The number of hydrogen-bond acceptors (Lipinski definition) is 2. The highest BCUT2D eigenvalue weighted by atomic mass is 35.5. The number of halogens is 2. The number of rotatable bonds is 6. The van der Waals surface area contributed by atoms with E-state index in [1.807, 2.05) is 30.5 Å². The Bertz CT molecular complexity index is 1200. The van der Waals surface area contributed by atoms with Crippen LogP contribution in [-0.4, -0.2) is 17.6 Å². The van der Waals surface area contributed by atoms with Crippen molar-refractivity contribution in [3.63, 3.8) is 0 Å². The molecule has 0 bridgehead atoms. The first-order valence-electron chi connectivity index (χ1n) is 9.48. The number of hydrogen-bond donors (Lipinski definition) is 1. The molecule has 1 amide bonds. The van der Waals surface area contributed by atoms with Crippen LogP contribution in [0.1, 0.15) is 11.1 Å². The normalized spacial score (nSPS) is 10.9. The number of nitrogens with one attached hydrogen (secondary N) is 1. The molecule has 0 saturated heterocycles. The summed E-state index contributed by atoms with van der Waals surface area (Å²) in [5.74, 6) is 0.122. The van der Waals surface area contributed by atoms with Gasteiger partial charge < -0.3 is 14.6 Å². The van der Waals surface area contributed by atoms with Gasteiger partial charge in [0.2, 0.25) is 5.91 Å². The standard InChI is InChI=1S/C24H20ClFN2O2/c1-30-23-11-8-18(25)13-21(23)27-24(29)12-17-15-28(22-5-3-2-4-20(17)22)14-16-6-9-19(26)10-7-16/h2-11,13,15H,12,14H2,1H3,(H,27,29). The summed E-state index contributed by atoms with van der Waals surface area (Å²) in [6.07, 6.45) is 2.18. The molecule has 0 aliphatic rings. The third kappa shape index (κ3) is 4.31. The van der Waals surface area contributed by atoms with Crippen molar-refractivity contribution in [1.82, 2.24) is 4.57 Å². The number of fused-ring (bicyclic) bond motifs is 1. The predicted octanol–water partition coefficient (Wildman–Crippen LogP) is 5.67. The Labute approximate surface area is 178 Å². The molecule has 4 aromatic rings. The van der Waals surface area contributed by atoms with Gasteiger partial charge in [-0.05, 0) is 47.5 Å². The van der Waals surface area contributed by atoms with Gasteiger partial charge in [0.25, 0.3) is 0 Å². The average molecular weight is 423 g/mol. The van der Waals surface area contributed by atoms with Crippen molar-refractivity contribution in [2.45, 2.75) is 13.0 Å². The zero-order valence-electron chi connectivity index (χ0n) is 16.4. The molecule has 4 rings (SSSR count). The van der Waals surface area contributed by atoms with Crippen LogP contribution in [0.15, 0.2) is 72.9 Å². The van der Waals surface area contributed by atoms with Gasteiger partial charge in [-0.25, -0.2) is 4.39 Å². The molecule has 0 atom stereocenters. The highest BCUT2D eigenvalue weighted by Gasteiger charge is 2.14. The van der Waals surface area contributed by atoms with Crippen LogP contribution in [-0.2, 0) is 17.8 Å². The second-order valence-corrected chi connectivity index (χ2v) is 7.43. The monoisotopic (exact) mass is 422 g/mol. The molecule has 1 N–H and O–H groups in total. The molecular formula is C24H20ClFN2O2. The lowest BCUT2D eigenvalue weighted by Gasteiger charge is -2.10. The number of para-hydroxylation sites is 1. The van der Waals surface area contributed by atoms with Gasteiger partial charge in [-0.15, -0.1) is 0 Å². The van der Waals surface area contributed by atoms with Crippen molar-refractivity contribution in [2.24, 2.45) is 0 Å². The van der Waals surface area contributed by atoms with E-state index in [1.54, 1.807) is 37.4 Å². The molecule has 0 aliphatic heterocycles. The van der Waals surface area contributed by atoms with Gasteiger partial charge in [0, 0.05) is 28.7 Å². The molecule has 6 heteroatoms. The van der Waals surface area contributed by atoms with Crippen LogP contribution in [0.5, 0.6) is 5.75 Å². The lowest BCUT2D eigenvalue weighted by molar-refractivity contribution is -0.115. The van der Waals surface area contributed by atoms with E-state index in [2.05, 4.69) is 9.88 Å². The van der Waals surface area contributed by atoms with Gasteiger partial charge in [0.15, 0.2) is 0 Å². The molecule has 30 heavy (non-hydrogen) atoms. The van der Waals surface area contributed by atoms with E-state index in [4.69, 9.17) is 16.3 Å². The molecule has 0 aliphatic carbocycles. The van der Waals surface area contributed by atoms with Gasteiger partial charge in [-0.3, -0.25) is 4.79 Å². The highest BCUT2D eigenvalue weighted by molar-refractivity contribution is 6.31. The zero-order chi connectivity index (χ0) is 21.1. The maximum absolute atomic E-state index is 13.2. The fraction of sp³-hybridized carbons (Fsp3) is 0.125. The van der Waals surface area contributed by atoms with E-state index >= 15 is 0 Å². The highest BCUT2D eigenvalue weighted by Crippen LogP contribution is 2.28. The van der Waals surface area contributed by atoms with E-state index in [1.165, 1.54) is 12.1 Å². The van der Waals surface area contributed by atoms with Crippen molar-refractivity contribution in [2.75, 3.05) is 12.4 Å². The van der Waals surface area contributed by atoms with E-state index in [-0.39, 0.29) is 18.1 Å². The summed E-state index contributed by atoms with van der Waals surface area (Å²) >= 11 is 6.05. The number of nitrogens with zero attached hydrogens (tertiary/aromatic N) is 1. The number of benzene rings is 3. The molecule has 0 fully saturated rings. The Kier molecular flexibility index (Phi) is 5.72. The largest absolute Gasteiger partial charge is 0.495 e. The van der Waals surface area contributed by atoms with E-state index in [0.29, 0.717) is 23.0 Å². The predicted molar refractivity (Wildman–Crippen MR) is 118 cm³/mol. The summed E-state index contributed by atoms with van der Waals surface area (Å²) in [4.78, 5) is 12.7. The Morgan fingerprint density at radius 3 is 2.63 bits per heavy atom. The van der Waals surface area contributed by atoms with Crippen LogP contribution in [0.4, 0.5) is 10.1 Å². The number of ether oxygens (including phenoxy) is 1. The molecule has 152 valence electrons. The fourth-order valence-corrected chi connectivity index (χ4v) is 3.70. The summed E-state index contributed by atoms with van der Waals surface area (Å²) in [5, 5.41) is 4.40. The minimum Gasteiger partial charge on any atom is -0.495 e. The maximum Gasteiger partial charge on any atom is 0.228 e. The minimum absolute atomic E-state index is 0.166. The SMILES string of the molecule is COc1ccc(Cl)cc1NC(=O)Cc1cn(Cc2ccc(F)cc2)c2ccccc12. The summed E-state index contributed by atoms with van der Waals surface area (Å²) in [7, 11) is 1.54. The lowest BCUT2D eigenvalue weighted by Crippen LogP contribution is -2.15. The average Bonchev–Trinajstić information content (AvgIpc) is 3.07. The van der Waals surface area contributed by atoms with E-state index in [9.17, 15) is 9.18 Å². The quantitative estimate of drug-likeness (QED) is 0.435. The number of anilines is 1. The van der Waals surface area contributed by atoms with Crippen LogP contribution < -0.4 is 10.1 Å². The minimum atomic E-state index is -0.259. The molecule has 4 nitrogen and oxygen atoms in total. The topological polar surface area (TPSA) is 43.3 Å². The third-order valence-corrected chi connectivity index (χ3v) is 5.16.